The number of fused-ring (bicyclic) bond motifs is 2. The Bertz CT molecular complexity index is 959. The van der Waals surface area contributed by atoms with Gasteiger partial charge in [0.2, 0.25) is 0 Å². The summed E-state index contributed by atoms with van der Waals surface area (Å²) in [5.41, 5.74) is 5.14. The number of benzene rings is 2. The van der Waals surface area contributed by atoms with E-state index in [0.717, 1.165) is 16.9 Å². The molecule has 1 N–H and O–H groups in total. The summed E-state index contributed by atoms with van der Waals surface area (Å²) in [6, 6.07) is 18.9. The zero-order chi connectivity index (χ0) is 16.5. The molecular weight excluding hydrogens is 314 g/mol. The first-order valence-electron chi connectivity index (χ1n) is 7.77. The Morgan fingerprint density at radius 3 is 2.71 bits per heavy atom. The second-order valence-corrected chi connectivity index (χ2v) is 6.90. The molecule has 0 bridgehead atoms. The molecule has 0 saturated carbocycles. The van der Waals surface area contributed by atoms with Gasteiger partial charge >= 0.3 is 0 Å². The first-order valence-corrected chi connectivity index (χ1v) is 8.59. The quantitative estimate of drug-likeness (QED) is 0.541. The molecule has 3 aromatic rings. The van der Waals surface area contributed by atoms with E-state index in [1.165, 1.54) is 15.4 Å². The van der Waals surface area contributed by atoms with Gasteiger partial charge in [-0.1, -0.05) is 36.9 Å². The van der Waals surface area contributed by atoms with E-state index < -0.39 is 0 Å². The van der Waals surface area contributed by atoms with Crippen molar-refractivity contribution in [2.24, 2.45) is 0 Å². The van der Waals surface area contributed by atoms with E-state index in [2.05, 4.69) is 59.7 Å². The molecule has 0 amide bonds. The number of aromatic nitrogens is 1. The zero-order valence-corrected chi connectivity index (χ0v) is 14.0. The van der Waals surface area contributed by atoms with Gasteiger partial charge in [-0.3, -0.25) is 4.98 Å². The van der Waals surface area contributed by atoms with Crippen LogP contribution in [0.2, 0.25) is 0 Å². The van der Waals surface area contributed by atoms with Crippen LogP contribution in [0.1, 0.15) is 29.5 Å². The van der Waals surface area contributed by atoms with Crippen LogP contribution < -0.4 is 5.32 Å². The molecule has 116 valence electrons. The lowest BCUT2D eigenvalue weighted by Crippen LogP contribution is -2.03. The van der Waals surface area contributed by atoms with Crippen molar-refractivity contribution < 1.29 is 0 Å². The summed E-state index contributed by atoms with van der Waals surface area (Å²) in [6.45, 7) is 2.14. The molecule has 3 nitrogen and oxygen atoms in total. The number of rotatable bonds is 2. The van der Waals surface area contributed by atoms with Gasteiger partial charge in [-0.25, -0.2) is 0 Å². The van der Waals surface area contributed by atoms with Crippen molar-refractivity contribution in [3.05, 3.63) is 77.6 Å². The highest BCUT2D eigenvalue weighted by atomic mass is 32.2. The van der Waals surface area contributed by atoms with Crippen molar-refractivity contribution in [1.29, 1.82) is 5.26 Å². The van der Waals surface area contributed by atoms with Crippen LogP contribution in [0.15, 0.2) is 70.7 Å². The second-order valence-electron chi connectivity index (χ2n) is 5.82. The van der Waals surface area contributed by atoms with Crippen molar-refractivity contribution >= 4 is 23.1 Å². The Labute approximate surface area is 145 Å². The van der Waals surface area contributed by atoms with E-state index in [-0.39, 0.29) is 5.92 Å². The first-order chi connectivity index (χ1) is 11.7. The topological polar surface area (TPSA) is 48.7 Å². The maximum atomic E-state index is 9.06. The Kier molecular flexibility index (Phi) is 3.72. The summed E-state index contributed by atoms with van der Waals surface area (Å²) in [6.07, 6.45) is 3.43. The number of pyridine rings is 1. The third-order valence-corrected chi connectivity index (χ3v) is 5.42. The smallest absolute Gasteiger partial charge is 0.101 e. The lowest BCUT2D eigenvalue weighted by molar-refractivity contribution is 0.908. The van der Waals surface area contributed by atoms with E-state index in [4.69, 9.17) is 5.26 Å². The molecule has 0 fully saturated rings. The van der Waals surface area contributed by atoms with Crippen molar-refractivity contribution in [2.45, 2.75) is 22.6 Å². The third-order valence-electron chi connectivity index (χ3n) is 4.27. The second kappa shape index (κ2) is 6.03. The number of hydrogen-bond acceptors (Lipinski definition) is 4. The number of nitrogens with one attached hydrogen (secondary N) is 1. The van der Waals surface area contributed by atoms with E-state index in [9.17, 15) is 0 Å². The summed E-state index contributed by atoms with van der Waals surface area (Å²) in [5, 5.41) is 12.6. The van der Waals surface area contributed by atoms with Crippen molar-refractivity contribution in [3.8, 4) is 6.07 Å². The van der Waals surface area contributed by atoms with Crippen LogP contribution in [0.25, 0.3) is 0 Å². The number of para-hydroxylation sites is 1. The summed E-state index contributed by atoms with van der Waals surface area (Å²) < 4.78 is 0. The lowest BCUT2D eigenvalue weighted by atomic mass is 9.93. The Balaban J connectivity index is 1.68. The van der Waals surface area contributed by atoms with E-state index in [1.807, 2.05) is 18.3 Å². The lowest BCUT2D eigenvalue weighted by Gasteiger charge is -2.22. The van der Waals surface area contributed by atoms with Gasteiger partial charge < -0.3 is 5.32 Å². The Morgan fingerprint density at radius 1 is 1.00 bits per heavy atom. The molecule has 0 aliphatic carbocycles. The van der Waals surface area contributed by atoms with E-state index in [1.54, 1.807) is 18.0 Å². The zero-order valence-electron chi connectivity index (χ0n) is 13.2. The fourth-order valence-corrected chi connectivity index (χ4v) is 3.84. The minimum atomic E-state index is 0.181. The highest BCUT2D eigenvalue weighted by Crippen LogP contribution is 2.45. The molecule has 4 rings (SSSR count). The molecule has 1 atom stereocenters. The average Bonchev–Trinajstić information content (AvgIpc) is 2.65. The minimum Gasteiger partial charge on any atom is -0.354 e. The van der Waals surface area contributed by atoms with Gasteiger partial charge in [0.15, 0.2) is 0 Å². The standard InChI is InChI=1S/C20H15N3S/c1-13(16-8-14(10-21)11-22-12-16)15-6-7-20-18(9-15)23-17-4-2-3-5-19(17)24-20/h2-9,11-13,23H,1H3. The largest absolute Gasteiger partial charge is 0.354 e. The van der Waals surface area contributed by atoms with Gasteiger partial charge in [0, 0.05) is 28.1 Å². The highest BCUT2D eigenvalue weighted by Gasteiger charge is 2.17. The highest BCUT2D eigenvalue weighted by molar-refractivity contribution is 7.99. The minimum absolute atomic E-state index is 0.181. The van der Waals surface area contributed by atoms with Crippen LogP contribution in [0.5, 0.6) is 0 Å². The molecular formula is C20H15N3S. The van der Waals surface area contributed by atoms with Crippen LogP contribution in [0, 0.1) is 11.3 Å². The maximum absolute atomic E-state index is 9.06. The summed E-state index contributed by atoms with van der Waals surface area (Å²) in [4.78, 5) is 6.65. The van der Waals surface area contributed by atoms with Crippen LogP contribution in [0.4, 0.5) is 11.4 Å². The molecule has 0 saturated heterocycles. The summed E-state index contributed by atoms with van der Waals surface area (Å²) in [7, 11) is 0. The Hall–Kier alpha value is -2.77. The van der Waals surface area contributed by atoms with E-state index >= 15 is 0 Å². The van der Waals surface area contributed by atoms with Crippen LogP contribution >= 0.6 is 11.8 Å². The van der Waals surface area contributed by atoms with Gasteiger partial charge in [0.05, 0.1) is 16.9 Å². The number of hydrogen-bond donors (Lipinski definition) is 1. The SMILES string of the molecule is CC(c1cncc(C#N)c1)c1ccc2c(c1)Nc1ccccc1S2. The van der Waals surface area contributed by atoms with Crippen LogP contribution in [-0.4, -0.2) is 4.98 Å². The maximum Gasteiger partial charge on any atom is 0.101 e. The molecule has 2 aromatic carbocycles. The molecule has 0 radical (unpaired) electrons. The summed E-state index contributed by atoms with van der Waals surface area (Å²) in [5.74, 6) is 0.181. The number of nitriles is 1. The molecule has 1 aromatic heterocycles. The van der Waals surface area contributed by atoms with Gasteiger partial charge in [-0.05, 0) is 41.5 Å². The summed E-state index contributed by atoms with van der Waals surface area (Å²) >= 11 is 1.79. The monoisotopic (exact) mass is 329 g/mol. The van der Waals surface area contributed by atoms with Crippen molar-refractivity contribution in [3.63, 3.8) is 0 Å². The van der Waals surface area contributed by atoms with Crippen LogP contribution in [-0.2, 0) is 0 Å². The number of anilines is 2. The molecule has 1 aliphatic rings. The molecule has 1 aliphatic heterocycles. The fourth-order valence-electron chi connectivity index (χ4n) is 2.87. The van der Waals surface area contributed by atoms with Crippen LogP contribution in [0.3, 0.4) is 0 Å². The van der Waals surface area contributed by atoms with Gasteiger partial charge in [-0.15, -0.1) is 0 Å². The predicted molar refractivity (Wildman–Crippen MR) is 96.8 cm³/mol. The molecule has 1 unspecified atom stereocenters. The normalized spacial score (nSPS) is 13.2. The van der Waals surface area contributed by atoms with Crippen molar-refractivity contribution in [1.82, 2.24) is 4.98 Å². The average molecular weight is 329 g/mol. The predicted octanol–water partition coefficient (Wildman–Crippen LogP) is 5.31. The molecule has 24 heavy (non-hydrogen) atoms. The van der Waals surface area contributed by atoms with Crippen molar-refractivity contribution in [2.75, 3.05) is 5.32 Å². The van der Waals surface area contributed by atoms with E-state index in [0.29, 0.717) is 5.56 Å². The van der Waals surface area contributed by atoms with Gasteiger partial charge in [-0.2, -0.15) is 5.26 Å². The molecule has 0 spiro atoms. The third kappa shape index (κ3) is 2.64. The Morgan fingerprint density at radius 2 is 1.83 bits per heavy atom. The van der Waals surface area contributed by atoms with Gasteiger partial charge in [0.1, 0.15) is 6.07 Å². The number of nitrogens with zero attached hydrogens (tertiary/aromatic N) is 2. The fraction of sp³-hybridized carbons (Fsp3) is 0.100. The molecule has 2 heterocycles. The van der Waals surface area contributed by atoms with Gasteiger partial charge in [0.25, 0.3) is 0 Å². The molecule has 4 heteroatoms. The first kappa shape index (κ1) is 14.8.